The van der Waals surface area contributed by atoms with Crippen molar-refractivity contribution in [1.82, 2.24) is 10.4 Å². The minimum atomic E-state index is -1.02. The largest absolute Gasteiger partial charge is 0.338 e. The van der Waals surface area contributed by atoms with Crippen LogP contribution in [-0.4, -0.2) is 27.4 Å². The molecular formula is C18H17ClF2N4O4. The summed E-state index contributed by atoms with van der Waals surface area (Å²) in [6, 6.07) is 4.78. The molecule has 154 valence electrons. The molecule has 0 heterocycles. The van der Waals surface area contributed by atoms with Gasteiger partial charge in [0.05, 0.1) is 16.1 Å². The Bertz CT molecular complexity index is 979. The Labute approximate surface area is 169 Å². The number of hydrogen-bond acceptors (Lipinski definition) is 4. The third-order valence-electron chi connectivity index (χ3n) is 3.60. The minimum absolute atomic E-state index is 0.0392. The van der Waals surface area contributed by atoms with Gasteiger partial charge in [-0.2, -0.15) is 0 Å². The fraction of sp³-hybridized carbons (Fsp3) is 0.222. The molecule has 2 aromatic carbocycles. The number of carbonyl (C=O) groups excluding carboxylic acids is 2. The van der Waals surface area contributed by atoms with Gasteiger partial charge in [0, 0.05) is 28.8 Å². The van der Waals surface area contributed by atoms with Crippen molar-refractivity contribution in [2.24, 2.45) is 0 Å². The van der Waals surface area contributed by atoms with Gasteiger partial charge >= 0.3 is 6.03 Å². The molecule has 29 heavy (non-hydrogen) atoms. The van der Waals surface area contributed by atoms with E-state index in [1.54, 1.807) is 20.8 Å². The van der Waals surface area contributed by atoms with Crippen LogP contribution in [0.3, 0.4) is 0 Å². The number of rotatable bonds is 3. The molecule has 11 heteroatoms. The Morgan fingerprint density at radius 3 is 2.38 bits per heavy atom. The van der Waals surface area contributed by atoms with Crippen LogP contribution < -0.4 is 10.7 Å². The standard InChI is InChI=1S/C18H17ClF2N4O4/c1-18(2,3)24(16(26)10-6-11(19)8-13(7-10)25(28)29)23-17(27)22-15-9-12(20)4-5-14(15)21/h4-9H,1-3H3,(H2,22,23,27). The fourth-order valence-electron chi connectivity index (χ4n) is 2.30. The number of benzene rings is 2. The van der Waals surface area contributed by atoms with Crippen LogP contribution in [0.5, 0.6) is 0 Å². The lowest BCUT2D eigenvalue weighted by molar-refractivity contribution is -0.384. The molecule has 0 aliphatic rings. The van der Waals surface area contributed by atoms with Crippen molar-refractivity contribution in [1.29, 1.82) is 0 Å². The molecule has 0 aliphatic carbocycles. The smallest absolute Gasteiger partial charge is 0.304 e. The van der Waals surface area contributed by atoms with Gasteiger partial charge in [0.1, 0.15) is 11.6 Å². The van der Waals surface area contributed by atoms with Crippen LogP contribution >= 0.6 is 11.6 Å². The number of nitrogens with one attached hydrogen (secondary N) is 2. The Balaban J connectivity index is 2.30. The van der Waals surface area contributed by atoms with E-state index in [-0.39, 0.29) is 10.6 Å². The Morgan fingerprint density at radius 1 is 1.14 bits per heavy atom. The van der Waals surface area contributed by atoms with Gasteiger partial charge in [-0.3, -0.25) is 14.9 Å². The molecule has 0 aromatic heterocycles. The van der Waals surface area contributed by atoms with Crippen molar-refractivity contribution >= 4 is 34.9 Å². The van der Waals surface area contributed by atoms with Crippen molar-refractivity contribution in [3.05, 3.63) is 68.7 Å². The average Bonchev–Trinajstić information content (AvgIpc) is 2.60. The molecule has 0 saturated heterocycles. The van der Waals surface area contributed by atoms with Gasteiger partial charge in [-0.25, -0.2) is 24.0 Å². The monoisotopic (exact) mass is 426 g/mol. The first kappa shape index (κ1) is 22.0. The number of amides is 3. The summed E-state index contributed by atoms with van der Waals surface area (Å²) < 4.78 is 27.0. The first-order valence-corrected chi connectivity index (χ1v) is 8.58. The van der Waals surface area contributed by atoms with E-state index in [2.05, 4.69) is 10.7 Å². The maximum Gasteiger partial charge on any atom is 0.338 e. The topological polar surface area (TPSA) is 105 Å². The molecule has 0 aliphatic heterocycles. The molecule has 0 saturated carbocycles. The minimum Gasteiger partial charge on any atom is -0.304 e. The molecule has 3 amide bonds. The zero-order valence-electron chi connectivity index (χ0n) is 15.6. The van der Waals surface area contributed by atoms with E-state index in [1.807, 2.05) is 0 Å². The van der Waals surface area contributed by atoms with Crippen LogP contribution in [0, 0.1) is 21.7 Å². The number of hydrazine groups is 1. The second-order valence-electron chi connectivity index (χ2n) is 6.96. The third kappa shape index (κ3) is 5.61. The summed E-state index contributed by atoms with van der Waals surface area (Å²) in [4.78, 5) is 35.5. The number of hydrogen-bond donors (Lipinski definition) is 2. The average molecular weight is 427 g/mol. The van der Waals surface area contributed by atoms with E-state index in [1.165, 1.54) is 6.07 Å². The number of nitro benzene ring substituents is 1. The summed E-state index contributed by atoms with van der Waals surface area (Å²) in [5.41, 5.74) is 0.297. The lowest BCUT2D eigenvalue weighted by atomic mass is 10.1. The Morgan fingerprint density at radius 2 is 1.79 bits per heavy atom. The summed E-state index contributed by atoms with van der Waals surface area (Å²) in [5.74, 6) is -2.43. The maximum atomic E-state index is 13.7. The van der Waals surface area contributed by atoms with Crippen LogP contribution in [-0.2, 0) is 0 Å². The lowest BCUT2D eigenvalue weighted by Gasteiger charge is -2.35. The predicted octanol–water partition coefficient (Wildman–Crippen LogP) is 4.50. The van der Waals surface area contributed by atoms with Crippen LogP contribution in [0.1, 0.15) is 31.1 Å². The van der Waals surface area contributed by atoms with Crippen molar-refractivity contribution < 1.29 is 23.3 Å². The van der Waals surface area contributed by atoms with E-state index in [9.17, 15) is 28.5 Å². The summed E-state index contributed by atoms with van der Waals surface area (Å²) >= 11 is 5.85. The maximum absolute atomic E-state index is 13.7. The summed E-state index contributed by atoms with van der Waals surface area (Å²) in [6.45, 7) is 4.77. The normalized spacial score (nSPS) is 11.0. The number of anilines is 1. The van der Waals surface area contributed by atoms with Gasteiger partial charge in [-0.15, -0.1) is 0 Å². The van der Waals surface area contributed by atoms with Crippen LogP contribution in [0.2, 0.25) is 5.02 Å². The molecule has 0 atom stereocenters. The van der Waals surface area contributed by atoms with Crippen molar-refractivity contribution in [3.63, 3.8) is 0 Å². The fourth-order valence-corrected chi connectivity index (χ4v) is 2.53. The molecule has 0 unspecified atom stereocenters. The zero-order valence-corrected chi connectivity index (χ0v) is 16.4. The van der Waals surface area contributed by atoms with Crippen LogP contribution in [0.25, 0.3) is 0 Å². The summed E-state index contributed by atoms with van der Waals surface area (Å²) in [6.07, 6.45) is 0. The van der Waals surface area contributed by atoms with Gasteiger partial charge in [0.25, 0.3) is 11.6 Å². The first-order chi connectivity index (χ1) is 13.4. The Kier molecular flexibility index (Phi) is 6.38. The van der Waals surface area contributed by atoms with Crippen LogP contribution in [0.4, 0.5) is 25.0 Å². The lowest BCUT2D eigenvalue weighted by Crippen LogP contribution is -2.56. The molecule has 2 rings (SSSR count). The third-order valence-corrected chi connectivity index (χ3v) is 3.82. The predicted molar refractivity (Wildman–Crippen MR) is 103 cm³/mol. The van der Waals surface area contributed by atoms with Crippen LogP contribution in [0.15, 0.2) is 36.4 Å². The quantitative estimate of drug-likeness (QED) is 0.556. The van der Waals surface area contributed by atoms with E-state index >= 15 is 0 Å². The molecule has 8 nitrogen and oxygen atoms in total. The molecule has 0 bridgehead atoms. The van der Waals surface area contributed by atoms with Gasteiger partial charge in [0.15, 0.2) is 0 Å². The highest BCUT2D eigenvalue weighted by Gasteiger charge is 2.30. The number of carbonyl (C=O) groups is 2. The van der Waals surface area contributed by atoms with E-state index in [0.29, 0.717) is 0 Å². The van der Waals surface area contributed by atoms with E-state index < -0.39 is 45.4 Å². The zero-order chi connectivity index (χ0) is 21.9. The number of halogens is 3. The highest BCUT2D eigenvalue weighted by Crippen LogP contribution is 2.24. The van der Waals surface area contributed by atoms with Crippen molar-refractivity contribution in [2.75, 3.05) is 5.32 Å². The van der Waals surface area contributed by atoms with Crippen molar-refractivity contribution in [3.8, 4) is 0 Å². The molecule has 0 radical (unpaired) electrons. The van der Waals surface area contributed by atoms with Gasteiger partial charge in [-0.05, 0) is 39.0 Å². The van der Waals surface area contributed by atoms with Gasteiger partial charge in [-0.1, -0.05) is 11.6 Å². The highest BCUT2D eigenvalue weighted by atomic mass is 35.5. The SMILES string of the molecule is CC(C)(C)N(NC(=O)Nc1cc(F)ccc1F)C(=O)c1cc(Cl)cc([N+](=O)[O-])c1. The molecular weight excluding hydrogens is 410 g/mol. The van der Waals surface area contributed by atoms with Crippen molar-refractivity contribution in [2.45, 2.75) is 26.3 Å². The van der Waals surface area contributed by atoms with Gasteiger partial charge < -0.3 is 5.32 Å². The number of non-ortho nitro benzene ring substituents is 1. The van der Waals surface area contributed by atoms with E-state index in [4.69, 9.17) is 11.6 Å². The molecule has 2 aromatic rings. The number of urea groups is 1. The van der Waals surface area contributed by atoms with E-state index in [0.717, 1.165) is 35.3 Å². The molecule has 2 N–H and O–H groups in total. The summed E-state index contributed by atoms with van der Waals surface area (Å²) in [5, 5.41) is 14.0. The molecule has 0 spiro atoms. The first-order valence-electron chi connectivity index (χ1n) is 8.20. The number of nitro groups is 1. The van der Waals surface area contributed by atoms with Gasteiger partial charge in [0.2, 0.25) is 0 Å². The Hall–Kier alpha value is -3.27. The highest BCUT2D eigenvalue weighted by molar-refractivity contribution is 6.31. The second kappa shape index (κ2) is 8.39. The number of nitrogens with zero attached hydrogens (tertiary/aromatic N) is 2. The molecule has 0 fully saturated rings. The second-order valence-corrected chi connectivity index (χ2v) is 7.39. The summed E-state index contributed by atoms with van der Waals surface area (Å²) in [7, 11) is 0.